The number of amides is 1. The molecule has 0 bridgehead atoms. The van der Waals surface area contributed by atoms with E-state index in [2.05, 4.69) is 12.2 Å². The minimum Gasteiger partial charge on any atom is -0.491 e. The fourth-order valence-corrected chi connectivity index (χ4v) is 3.52. The summed E-state index contributed by atoms with van der Waals surface area (Å²) in [5.41, 5.74) is 0.0819. The number of carboxylic acids is 1. The van der Waals surface area contributed by atoms with Crippen molar-refractivity contribution in [2.75, 3.05) is 6.61 Å². The highest BCUT2D eigenvalue weighted by Crippen LogP contribution is 2.31. The van der Waals surface area contributed by atoms with Gasteiger partial charge in [-0.1, -0.05) is 40.2 Å². The van der Waals surface area contributed by atoms with Crippen LogP contribution in [0.3, 0.4) is 0 Å². The number of benzene rings is 1. The molecule has 1 aromatic heterocycles. The Balaban J connectivity index is 2.73. The first-order valence-corrected chi connectivity index (χ1v) is 11.9. The number of nitrogens with zero attached hydrogens (tertiary/aromatic N) is 1. The molecule has 35 heavy (non-hydrogen) atoms. The van der Waals surface area contributed by atoms with Gasteiger partial charge in [-0.15, -0.1) is 0 Å². The molecule has 0 radical (unpaired) electrons. The van der Waals surface area contributed by atoms with E-state index in [0.29, 0.717) is 40.9 Å². The lowest BCUT2D eigenvalue weighted by Gasteiger charge is -2.26. The number of nitrogens with one attached hydrogen (secondary N) is 1. The van der Waals surface area contributed by atoms with Crippen molar-refractivity contribution in [1.82, 2.24) is 9.88 Å². The van der Waals surface area contributed by atoms with E-state index in [4.69, 9.17) is 14.6 Å². The van der Waals surface area contributed by atoms with Crippen molar-refractivity contribution in [3.05, 3.63) is 45.9 Å². The second kappa shape index (κ2) is 11.4. The van der Waals surface area contributed by atoms with Gasteiger partial charge in [-0.2, -0.15) is 0 Å². The molecule has 1 amide bonds. The van der Waals surface area contributed by atoms with Crippen molar-refractivity contribution in [2.45, 2.75) is 80.0 Å². The zero-order chi connectivity index (χ0) is 26.4. The zero-order valence-corrected chi connectivity index (χ0v) is 21.9. The van der Waals surface area contributed by atoms with Crippen LogP contribution in [0.1, 0.15) is 72.6 Å². The molecule has 0 saturated carbocycles. The number of fused-ring (bicyclic) bond motifs is 1. The molecule has 2 rings (SSSR count). The Bertz CT molecular complexity index is 1150. The second-order valence-electron chi connectivity index (χ2n) is 10.8. The summed E-state index contributed by atoms with van der Waals surface area (Å²) in [6, 6.07) is 5.14. The number of unbranched alkanes of at least 4 members (excludes halogenated alkanes) is 1. The van der Waals surface area contributed by atoms with Gasteiger partial charge in [-0.05, 0) is 56.4 Å². The maximum absolute atomic E-state index is 13.6. The van der Waals surface area contributed by atoms with E-state index in [-0.39, 0.29) is 17.5 Å². The van der Waals surface area contributed by atoms with E-state index < -0.39 is 17.7 Å². The fourth-order valence-electron chi connectivity index (χ4n) is 3.52. The Morgan fingerprint density at radius 2 is 1.80 bits per heavy atom. The van der Waals surface area contributed by atoms with Crippen LogP contribution in [-0.4, -0.2) is 33.9 Å². The second-order valence-corrected chi connectivity index (χ2v) is 10.8. The molecule has 192 valence electrons. The van der Waals surface area contributed by atoms with Crippen LogP contribution in [0.5, 0.6) is 5.75 Å². The molecular formula is C27H38N2O6. The van der Waals surface area contributed by atoms with Crippen molar-refractivity contribution in [3.8, 4) is 5.75 Å². The van der Waals surface area contributed by atoms with Crippen LogP contribution in [0.15, 0.2) is 29.1 Å². The molecule has 0 aliphatic rings. The molecule has 0 spiro atoms. The molecule has 8 heteroatoms. The molecule has 0 atom stereocenters. The Morgan fingerprint density at radius 3 is 2.37 bits per heavy atom. The smallest absolute Gasteiger partial charge is 0.407 e. The van der Waals surface area contributed by atoms with Gasteiger partial charge in [0, 0.05) is 18.0 Å². The number of pyridine rings is 1. The molecule has 0 unspecified atom stereocenters. The highest BCUT2D eigenvalue weighted by molar-refractivity contribution is 5.92. The third-order valence-corrected chi connectivity index (χ3v) is 4.95. The molecule has 1 heterocycles. The summed E-state index contributed by atoms with van der Waals surface area (Å²) < 4.78 is 13.3. The van der Waals surface area contributed by atoms with Crippen LogP contribution < -0.4 is 15.6 Å². The molecule has 8 nitrogen and oxygen atoms in total. The first-order chi connectivity index (χ1) is 16.2. The number of carbonyl (C=O) groups is 2. The Kier molecular flexibility index (Phi) is 9.12. The van der Waals surface area contributed by atoms with E-state index in [1.165, 1.54) is 6.08 Å². The zero-order valence-electron chi connectivity index (χ0n) is 21.9. The molecule has 0 aliphatic carbocycles. The number of aromatic nitrogens is 1. The number of hydrogen-bond donors (Lipinski definition) is 2. The fraction of sp³-hybridized carbons (Fsp3) is 0.519. The van der Waals surface area contributed by atoms with Gasteiger partial charge >= 0.3 is 12.1 Å². The van der Waals surface area contributed by atoms with Crippen molar-refractivity contribution in [1.29, 1.82) is 0 Å². The van der Waals surface area contributed by atoms with Gasteiger partial charge in [0.25, 0.3) is 5.56 Å². The van der Waals surface area contributed by atoms with Crippen LogP contribution in [0, 0.1) is 5.41 Å². The normalized spacial score (nSPS) is 12.2. The van der Waals surface area contributed by atoms with E-state index in [0.717, 1.165) is 18.9 Å². The summed E-state index contributed by atoms with van der Waals surface area (Å²) in [5.74, 6) is -0.564. The van der Waals surface area contributed by atoms with Crippen LogP contribution in [0.4, 0.5) is 4.79 Å². The number of aliphatic carboxylic acids is 1. The quantitative estimate of drug-likeness (QED) is 0.366. The van der Waals surface area contributed by atoms with Crippen LogP contribution in [0.2, 0.25) is 0 Å². The molecule has 0 fully saturated rings. The molecular weight excluding hydrogens is 448 g/mol. The molecule has 2 aromatic rings. The Morgan fingerprint density at radius 1 is 1.11 bits per heavy atom. The summed E-state index contributed by atoms with van der Waals surface area (Å²) in [4.78, 5) is 37.0. The maximum atomic E-state index is 13.6. The average Bonchev–Trinajstić information content (AvgIpc) is 2.72. The van der Waals surface area contributed by atoms with Gasteiger partial charge < -0.3 is 24.5 Å². The van der Waals surface area contributed by atoms with Crippen LogP contribution in [0.25, 0.3) is 16.8 Å². The number of rotatable bonds is 9. The maximum Gasteiger partial charge on any atom is 0.407 e. The summed E-state index contributed by atoms with van der Waals surface area (Å²) >= 11 is 0. The van der Waals surface area contributed by atoms with Crippen molar-refractivity contribution < 1.29 is 24.2 Å². The van der Waals surface area contributed by atoms with Crippen molar-refractivity contribution in [3.63, 3.8) is 0 Å². The molecule has 0 saturated heterocycles. The number of alkyl carbamates (subject to hydrolysis) is 1. The highest BCUT2D eigenvalue weighted by Gasteiger charge is 2.24. The number of carbonyl (C=O) groups excluding carboxylic acids is 1. The summed E-state index contributed by atoms with van der Waals surface area (Å²) in [6.45, 7) is 14.4. The first kappa shape index (κ1) is 28.0. The number of carboxylic acid groups (broad SMARTS) is 1. The third kappa shape index (κ3) is 8.46. The summed E-state index contributed by atoms with van der Waals surface area (Å²) in [7, 11) is 0. The SMILES string of the molecule is CCCCOc1c(CNC(=O)OC(C)(C)C)n(CC(C)(C)C)c(=O)c2ccc(C=CC(=O)O)cc12. The molecule has 0 aliphatic heterocycles. The van der Waals surface area contributed by atoms with Crippen LogP contribution >= 0.6 is 0 Å². The summed E-state index contributed by atoms with van der Waals surface area (Å²) in [5, 5.41) is 12.8. The van der Waals surface area contributed by atoms with E-state index >= 15 is 0 Å². The van der Waals surface area contributed by atoms with E-state index in [1.807, 2.05) is 20.8 Å². The van der Waals surface area contributed by atoms with E-state index in [1.54, 1.807) is 43.5 Å². The van der Waals surface area contributed by atoms with Gasteiger partial charge in [-0.3, -0.25) is 4.79 Å². The minimum atomic E-state index is -1.06. The number of ether oxygens (including phenoxy) is 2. The topological polar surface area (TPSA) is 107 Å². The van der Waals surface area contributed by atoms with Gasteiger partial charge in [0.15, 0.2) is 0 Å². The summed E-state index contributed by atoms with van der Waals surface area (Å²) in [6.07, 6.45) is 3.67. The molecule has 2 N–H and O–H groups in total. The Hall–Kier alpha value is -3.29. The lowest BCUT2D eigenvalue weighted by Crippen LogP contribution is -2.36. The van der Waals surface area contributed by atoms with E-state index in [9.17, 15) is 14.4 Å². The van der Waals surface area contributed by atoms with Crippen LogP contribution in [-0.2, 0) is 22.6 Å². The standard InChI is InChI=1S/C27H38N2O6/c1-8-9-14-34-23-20-15-18(11-13-22(30)31)10-12-19(20)24(32)29(17-26(2,3)4)21(23)16-28-25(33)35-27(5,6)7/h10-13,15H,8-9,14,16-17H2,1-7H3,(H,28,33)(H,30,31). The third-order valence-electron chi connectivity index (χ3n) is 4.95. The van der Waals surface area contributed by atoms with Crippen molar-refractivity contribution in [2.24, 2.45) is 5.41 Å². The number of hydrogen-bond acceptors (Lipinski definition) is 5. The van der Waals surface area contributed by atoms with Gasteiger partial charge in [0.05, 0.1) is 24.2 Å². The minimum absolute atomic E-state index is 0.0345. The van der Waals surface area contributed by atoms with Gasteiger partial charge in [0.2, 0.25) is 0 Å². The van der Waals surface area contributed by atoms with Crippen molar-refractivity contribution >= 4 is 28.9 Å². The lowest BCUT2D eigenvalue weighted by atomic mass is 9.96. The Labute approximate surface area is 206 Å². The highest BCUT2D eigenvalue weighted by atomic mass is 16.6. The van der Waals surface area contributed by atoms with Gasteiger partial charge in [-0.25, -0.2) is 9.59 Å². The predicted octanol–water partition coefficient (Wildman–Crippen LogP) is 5.35. The lowest BCUT2D eigenvalue weighted by molar-refractivity contribution is -0.131. The predicted molar refractivity (Wildman–Crippen MR) is 138 cm³/mol. The van der Waals surface area contributed by atoms with Gasteiger partial charge in [0.1, 0.15) is 11.4 Å². The average molecular weight is 487 g/mol. The molecule has 1 aromatic carbocycles. The monoisotopic (exact) mass is 486 g/mol. The largest absolute Gasteiger partial charge is 0.491 e. The first-order valence-electron chi connectivity index (χ1n) is 11.9.